The Morgan fingerprint density at radius 3 is 2.77 bits per heavy atom. The number of likely N-dealkylation sites (N-methyl/N-ethyl adjacent to an activating group) is 1. The van der Waals surface area contributed by atoms with Crippen molar-refractivity contribution < 1.29 is 4.79 Å². The van der Waals surface area contributed by atoms with Crippen LogP contribution in [0.2, 0.25) is 0 Å². The molecule has 1 aromatic heterocycles. The standard InChI is InChI=1S/C17H22N4O/c1-2-20(14-8-9-14)13-11-18-17(22)16-10-12-21(19-16)15-6-4-3-5-7-15/h3-7,10,12,14H,2,8-9,11,13H2,1H3,(H,18,22). The number of nitrogens with zero attached hydrogens (tertiary/aromatic N) is 3. The first-order chi connectivity index (χ1) is 10.8. The Morgan fingerprint density at radius 1 is 1.32 bits per heavy atom. The van der Waals surface area contributed by atoms with E-state index in [1.54, 1.807) is 10.7 Å². The zero-order valence-corrected chi connectivity index (χ0v) is 12.9. The quantitative estimate of drug-likeness (QED) is 0.851. The number of carbonyl (C=O) groups excluding carboxylic acids is 1. The Morgan fingerprint density at radius 2 is 2.09 bits per heavy atom. The third-order valence-corrected chi connectivity index (χ3v) is 4.00. The van der Waals surface area contributed by atoms with Crippen molar-refractivity contribution in [1.82, 2.24) is 20.0 Å². The van der Waals surface area contributed by atoms with E-state index in [1.807, 2.05) is 36.5 Å². The van der Waals surface area contributed by atoms with E-state index in [0.29, 0.717) is 12.2 Å². The van der Waals surface area contributed by atoms with Crippen molar-refractivity contribution in [2.24, 2.45) is 0 Å². The molecule has 1 fully saturated rings. The molecule has 1 aromatic carbocycles. The summed E-state index contributed by atoms with van der Waals surface area (Å²) in [5, 5.41) is 7.29. The summed E-state index contributed by atoms with van der Waals surface area (Å²) in [4.78, 5) is 14.6. The normalized spacial score (nSPS) is 14.3. The van der Waals surface area contributed by atoms with Gasteiger partial charge in [0.2, 0.25) is 0 Å². The molecule has 1 aliphatic carbocycles. The highest BCUT2D eigenvalue weighted by Crippen LogP contribution is 2.25. The molecule has 1 heterocycles. The van der Waals surface area contributed by atoms with Gasteiger partial charge in [0.25, 0.3) is 5.91 Å². The van der Waals surface area contributed by atoms with Crippen molar-refractivity contribution >= 4 is 5.91 Å². The lowest BCUT2D eigenvalue weighted by Gasteiger charge is -2.19. The molecule has 0 unspecified atom stereocenters. The number of aromatic nitrogens is 2. The van der Waals surface area contributed by atoms with Crippen LogP contribution in [0.5, 0.6) is 0 Å². The maximum atomic E-state index is 12.1. The highest BCUT2D eigenvalue weighted by atomic mass is 16.1. The van der Waals surface area contributed by atoms with Crippen molar-refractivity contribution in [3.05, 3.63) is 48.3 Å². The summed E-state index contributed by atoms with van der Waals surface area (Å²) >= 11 is 0. The first kappa shape index (κ1) is 14.8. The number of hydrogen-bond acceptors (Lipinski definition) is 3. The number of nitrogens with one attached hydrogen (secondary N) is 1. The zero-order valence-electron chi connectivity index (χ0n) is 12.9. The van der Waals surface area contributed by atoms with Gasteiger partial charge in [-0.05, 0) is 37.6 Å². The van der Waals surface area contributed by atoms with Crippen LogP contribution < -0.4 is 5.32 Å². The summed E-state index contributed by atoms with van der Waals surface area (Å²) in [5.41, 5.74) is 1.41. The predicted molar refractivity (Wildman–Crippen MR) is 86.2 cm³/mol. The summed E-state index contributed by atoms with van der Waals surface area (Å²) in [5.74, 6) is -0.110. The fourth-order valence-corrected chi connectivity index (χ4v) is 2.61. The van der Waals surface area contributed by atoms with E-state index < -0.39 is 0 Å². The van der Waals surface area contributed by atoms with Crippen molar-refractivity contribution in [2.75, 3.05) is 19.6 Å². The predicted octanol–water partition coefficient (Wildman–Crippen LogP) is 2.09. The number of hydrogen-bond donors (Lipinski definition) is 1. The lowest BCUT2D eigenvalue weighted by atomic mass is 10.3. The number of rotatable bonds is 7. The second-order valence-electron chi connectivity index (χ2n) is 5.60. The van der Waals surface area contributed by atoms with Crippen LogP contribution in [0, 0.1) is 0 Å². The molecule has 116 valence electrons. The molecular formula is C17H22N4O. The molecule has 3 rings (SSSR count). The van der Waals surface area contributed by atoms with Crippen LogP contribution in [-0.4, -0.2) is 46.3 Å². The maximum Gasteiger partial charge on any atom is 0.271 e. The highest BCUT2D eigenvalue weighted by Gasteiger charge is 2.27. The van der Waals surface area contributed by atoms with E-state index in [4.69, 9.17) is 0 Å². The van der Waals surface area contributed by atoms with E-state index in [9.17, 15) is 4.79 Å². The first-order valence-corrected chi connectivity index (χ1v) is 7.91. The summed E-state index contributed by atoms with van der Waals surface area (Å²) in [6.45, 7) is 4.79. The van der Waals surface area contributed by atoms with Gasteiger partial charge in [-0.15, -0.1) is 0 Å². The minimum Gasteiger partial charge on any atom is -0.349 e. The second kappa shape index (κ2) is 6.75. The van der Waals surface area contributed by atoms with Crippen molar-refractivity contribution in [2.45, 2.75) is 25.8 Å². The second-order valence-corrected chi connectivity index (χ2v) is 5.60. The van der Waals surface area contributed by atoms with Gasteiger partial charge in [0.15, 0.2) is 5.69 Å². The fourth-order valence-electron chi connectivity index (χ4n) is 2.61. The molecule has 1 aliphatic rings. The monoisotopic (exact) mass is 298 g/mol. The van der Waals surface area contributed by atoms with Crippen molar-refractivity contribution in [3.63, 3.8) is 0 Å². The number of para-hydroxylation sites is 1. The minimum absolute atomic E-state index is 0.110. The molecule has 0 radical (unpaired) electrons. The molecule has 0 aliphatic heterocycles. The van der Waals surface area contributed by atoms with Crippen LogP contribution in [0.4, 0.5) is 0 Å². The molecule has 2 aromatic rings. The van der Waals surface area contributed by atoms with Gasteiger partial charge in [-0.3, -0.25) is 9.69 Å². The molecule has 0 atom stereocenters. The van der Waals surface area contributed by atoms with Gasteiger partial charge in [-0.25, -0.2) is 4.68 Å². The molecule has 5 nitrogen and oxygen atoms in total. The molecule has 22 heavy (non-hydrogen) atoms. The minimum atomic E-state index is -0.110. The van der Waals surface area contributed by atoms with E-state index in [2.05, 4.69) is 22.2 Å². The van der Waals surface area contributed by atoms with Crippen LogP contribution >= 0.6 is 0 Å². The van der Waals surface area contributed by atoms with Gasteiger partial charge in [-0.2, -0.15) is 5.10 Å². The molecule has 0 bridgehead atoms. The van der Waals surface area contributed by atoms with E-state index >= 15 is 0 Å². The molecular weight excluding hydrogens is 276 g/mol. The molecule has 5 heteroatoms. The van der Waals surface area contributed by atoms with E-state index in [0.717, 1.165) is 24.8 Å². The van der Waals surface area contributed by atoms with Gasteiger partial charge in [0, 0.05) is 25.3 Å². The van der Waals surface area contributed by atoms with E-state index in [1.165, 1.54) is 12.8 Å². The molecule has 1 saturated carbocycles. The number of benzene rings is 1. The zero-order chi connectivity index (χ0) is 15.4. The molecule has 0 saturated heterocycles. The molecule has 1 N–H and O–H groups in total. The summed E-state index contributed by atoms with van der Waals surface area (Å²) < 4.78 is 1.72. The average molecular weight is 298 g/mol. The number of carbonyl (C=O) groups is 1. The highest BCUT2D eigenvalue weighted by molar-refractivity contribution is 5.92. The van der Waals surface area contributed by atoms with Crippen LogP contribution in [0.3, 0.4) is 0 Å². The summed E-state index contributed by atoms with van der Waals surface area (Å²) in [6.07, 6.45) is 4.40. The Hall–Kier alpha value is -2.14. The lowest BCUT2D eigenvalue weighted by Crippen LogP contribution is -2.36. The Kier molecular flexibility index (Phi) is 4.53. The van der Waals surface area contributed by atoms with Crippen molar-refractivity contribution in [3.8, 4) is 5.69 Å². The molecule has 1 amide bonds. The van der Waals surface area contributed by atoms with E-state index in [-0.39, 0.29) is 5.91 Å². The van der Waals surface area contributed by atoms with Gasteiger partial charge < -0.3 is 5.32 Å². The topological polar surface area (TPSA) is 50.2 Å². The molecule has 0 spiro atoms. The van der Waals surface area contributed by atoms with Crippen LogP contribution in [0.15, 0.2) is 42.6 Å². The van der Waals surface area contributed by atoms with Crippen LogP contribution in [0.25, 0.3) is 5.69 Å². The van der Waals surface area contributed by atoms with Crippen LogP contribution in [0.1, 0.15) is 30.3 Å². The fraction of sp³-hybridized carbons (Fsp3) is 0.412. The average Bonchev–Trinajstić information content (AvgIpc) is 3.27. The lowest BCUT2D eigenvalue weighted by molar-refractivity contribution is 0.0942. The largest absolute Gasteiger partial charge is 0.349 e. The van der Waals surface area contributed by atoms with Crippen LogP contribution in [-0.2, 0) is 0 Å². The SMILES string of the molecule is CCN(CCNC(=O)c1ccn(-c2ccccc2)n1)C1CC1. The maximum absolute atomic E-state index is 12.1. The first-order valence-electron chi connectivity index (χ1n) is 7.91. The summed E-state index contributed by atoms with van der Waals surface area (Å²) in [6, 6.07) is 12.3. The smallest absolute Gasteiger partial charge is 0.271 e. The summed E-state index contributed by atoms with van der Waals surface area (Å²) in [7, 11) is 0. The van der Waals surface area contributed by atoms with Gasteiger partial charge in [-0.1, -0.05) is 25.1 Å². The van der Waals surface area contributed by atoms with Gasteiger partial charge in [0.1, 0.15) is 0 Å². The third-order valence-electron chi connectivity index (χ3n) is 4.00. The Labute approximate surface area is 130 Å². The Bertz CT molecular complexity index is 619. The van der Waals surface area contributed by atoms with Gasteiger partial charge >= 0.3 is 0 Å². The number of amides is 1. The third kappa shape index (κ3) is 3.54. The Balaban J connectivity index is 1.53. The van der Waals surface area contributed by atoms with Crippen molar-refractivity contribution in [1.29, 1.82) is 0 Å². The van der Waals surface area contributed by atoms with Gasteiger partial charge in [0.05, 0.1) is 5.69 Å².